The van der Waals surface area contributed by atoms with Crippen molar-refractivity contribution >= 4 is 15.6 Å². The predicted molar refractivity (Wildman–Crippen MR) is 48.8 cm³/mol. The summed E-state index contributed by atoms with van der Waals surface area (Å²) in [5, 5.41) is 0. The molecular formula is C8H14O3S. The molecule has 3 nitrogen and oxygen atoms in total. The van der Waals surface area contributed by atoms with Crippen LogP contribution in [-0.2, 0) is 14.6 Å². The van der Waals surface area contributed by atoms with Gasteiger partial charge in [-0.2, -0.15) is 0 Å². The first-order valence-electron chi connectivity index (χ1n) is 3.69. The first-order chi connectivity index (χ1) is 5.33. The van der Waals surface area contributed by atoms with Crippen molar-refractivity contribution < 1.29 is 13.2 Å². The highest BCUT2D eigenvalue weighted by molar-refractivity contribution is 7.90. The van der Waals surface area contributed by atoms with Crippen molar-refractivity contribution in [2.45, 2.75) is 19.8 Å². The van der Waals surface area contributed by atoms with E-state index in [2.05, 4.69) is 6.58 Å². The van der Waals surface area contributed by atoms with Gasteiger partial charge in [-0.05, 0) is 18.9 Å². The molecule has 0 amide bonds. The number of hydrogen-bond acceptors (Lipinski definition) is 3. The van der Waals surface area contributed by atoms with Gasteiger partial charge in [0, 0.05) is 12.7 Å². The van der Waals surface area contributed by atoms with Crippen molar-refractivity contribution in [1.29, 1.82) is 0 Å². The predicted octanol–water partition coefficient (Wildman–Crippen LogP) is 0.956. The number of sulfone groups is 1. The summed E-state index contributed by atoms with van der Waals surface area (Å²) in [4.78, 5) is 10.9. The lowest BCUT2D eigenvalue weighted by molar-refractivity contribution is -0.115. The maximum absolute atomic E-state index is 10.9. The zero-order valence-corrected chi connectivity index (χ0v) is 8.28. The summed E-state index contributed by atoms with van der Waals surface area (Å²) >= 11 is 0. The fraction of sp³-hybridized carbons (Fsp3) is 0.625. The largest absolute Gasteiger partial charge is 0.295 e. The van der Waals surface area contributed by atoms with Crippen molar-refractivity contribution in [1.82, 2.24) is 0 Å². The molecule has 12 heavy (non-hydrogen) atoms. The molecule has 0 aromatic carbocycles. The van der Waals surface area contributed by atoms with Crippen LogP contribution in [0.4, 0.5) is 0 Å². The minimum Gasteiger partial charge on any atom is -0.295 e. The molecule has 0 heterocycles. The van der Waals surface area contributed by atoms with E-state index in [-0.39, 0.29) is 18.0 Å². The normalized spacial score (nSPS) is 11.2. The second-order valence-electron chi connectivity index (χ2n) is 2.94. The fourth-order valence-corrected chi connectivity index (χ4v) is 1.38. The van der Waals surface area contributed by atoms with E-state index in [4.69, 9.17) is 0 Å². The molecule has 0 bridgehead atoms. The highest BCUT2D eigenvalue weighted by Gasteiger charge is 2.05. The van der Waals surface area contributed by atoms with Gasteiger partial charge in [0.05, 0.1) is 5.75 Å². The van der Waals surface area contributed by atoms with Gasteiger partial charge in [0.25, 0.3) is 0 Å². The van der Waals surface area contributed by atoms with E-state index in [1.807, 2.05) is 0 Å². The molecule has 0 saturated heterocycles. The second kappa shape index (κ2) is 4.40. The molecule has 0 N–H and O–H groups in total. The summed E-state index contributed by atoms with van der Waals surface area (Å²) in [6.07, 6.45) is 1.84. The Morgan fingerprint density at radius 2 is 1.92 bits per heavy atom. The standard InChI is InChI=1S/C8H14O3S/c1-7(2)8(9)5-4-6-12(3,10)11/h1,4-6H2,2-3H3. The Morgan fingerprint density at radius 3 is 2.25 bits per heavy atom. The number of Topliss-reactive ketones (excluding diaryl/α,β-unsaturated/α-hetero) is 1. The molecular weight excluding hydrogens is 176 g/mol. The number of carbonyl (C=O) groups is 1. The van der Waals surface area contributed by atoms with Crippen LogP contribution >= 0.6 is 0 Å². The topological polar surface area (TPSA) is 51.2 Å². The Morgan fingerprint density at radius 1 is 1.42 bits per heavy atom. The summed E-state index contributed by atoms with van der Waals surface area (Å²) in [6, 6.07) is 0. The van der Waals surface area contributed by atoms with E-state index >= 15 is 0 Å². The minimum atomic E-state index is -2.93. The number of carbonyl (C=O) groups excluding carboxylic acids is 1. The van der Waals surface area contributed by atoms with Crippen LogP contribution in [0.5, 0.6) is 0 Å². The summed E-state index contributed by atoms with van der Waals surface area (Å²) in [6.45, 7) is 5.10. The molecule has 0 aliphatic heterocycles. The highest BCUT2D eigenvalue weighted by atomic mass is 32.2. The van der Waals surface area contributed by atoms with Crippen molar-refractivity contribution in [2.24, 2.45) is 0 Å². The van der Waals surface area contributed by atoms with Gasteiger partial charge >= 0.3 is 0 Å². The van der Waals surface area contributed by atoms with Gasteiger partial charge in [-0.15, -0.1) is 0 Å². The van der Waals surface area contributed by atoms with Gasteiger partial charge in [0.2, 0.25) is 0 Å². The lowest BCUT2D eigenvalue weighted by Gasteiger charge is -1.98. The van der Waals surface area contributed by atoms with Gasteiger partial charge in [-0.3, -0.25) is 4.79 Å². The quantitative estimate of drug-likeness (QED) is 0.607. The molecule has 0 unspecified atom stereocenters. The monoisotopic (exact) mass is 190 g/mol. The smallest absolute Gasteiger partial charge is 0.158 e. The van der Waals surface area contributed by atoms with Crippen LogP contribution in [0.3, 0.4) is 0 Å². The minimum absolute atomic E-state index is 0.0568. The fourth-order valence-electron chi connectivity index (χ4n) is 0.708. The van der Waals surface area contributed by atoms with Gasteiger partial charge in [-0.1, -0.05) is 6.58 Å². The molecule has 0 rings (SSSR count). The van der Waals surface area contributed by atoms with Crippen LogP contribution in [0.1, 0.15) is 19.8 Å². The Hall–Kier alpha value is -0.640. The Labute approximate surface area is 73.4 Å². The van der Waals surface area contributed by atoms with Crippen molar-refractivity contribution in [3.8, 4) is 0 Å². The van der Waals surface area contributed by atoms with E-state index < -0.39 is 9.84 Å². The zero-order valence-electron chi connectivity index (χ0n) is 7.46. The molecule has 0 fully saturated rings. The molecule has 0 aromatic rings. The third-order valence-electron chi connectivity index (χ3n) is 1.39. The second-order valence-corrected chi connectivity index (χ2v) is 5.20. The lowest BCUT2D eigenvalue weighted by Crippen LogP contribution is -2.06. The van der Waals surface area contributed by atoms with E-state index in [0.717, 1.165) is 6.26 Å². The molecule has 0 aromatic heterocycles. The van der Waals surface area contributed by atoms with E-state index in [0.29, 0.717) is 12.0 Å². The third-order valence-corrected chi connectivity index (χ3v) is 2.43. The van der Waals surface area contributed by atoms with Gasteiger partial charge in [-0.25, -0.2) is 8.42 Å². The Kier molecular flexibility index (Phi) is 4.17. The Bertz CT molecular complexity index is 275. The Balaban J connectivity index is 3.73. The molecule has 0 radical (unpaired) electrons. The molecule has 0 aliphatic rings. The van der Waals surface area contributed by atoms with Crippen LogP contribution < -0.4 is 0 Å². The molecule has 70 valence electrons. The van der Waals surface area contributed by atoms with E-state index in [1.54, 1.807) is 6.92 Å². The number of hydrogen-bond donors (Lipinski definition) is 0. The van der Waals surface area contributed by atoms with Gasteiger partial charge in [0.15, 0.2) is 5.78 Å². The van der Waals surface area contributed by atoms with Crippen LogP contribution in [0.15, 0.2) is 12.2 Å². The first kappa shape index (κ1) is 11.4. The maximum atomic E-state index is 10.9. The summed E-state index contributed by atoms with van der Waals surface area (Å²) in [5.41, 5.74) is 0.489. The average Bonchev–Trinajstić information content (AvgIpc) is 1.84. The van der Waals surface area contributed by atoms with E-state index in [1.165, 1.54) is 0 Å². The zero-order chi connectivity index (χ0) is 9.78. The summed E-state index contributed by atoms with van der Waals surface area (Å²) in [7, 11) is -2.93. The molecule has 4 heteroatoms. The van der Waals surface area contributed by atoms with Crippen molar-refractivity contribution in [2.75, 3.05) is 12.0 Å². The van der Waals surface area contributed by atoms with Gasteiger partial charge in [0.1, 0.15) is 9.84 Å². The molecule has 0 saturated carbocycles. The maximum Gasteiger partial charge on any atom is 0.158 e. The molecule has 0 atom stereocenters. The number of allylic oxidation sites excluding steroid dienone is 1. The van der Waals surface area contributed by atoms with E-state index in [9.17, 15) is 13.2 Å². The van der Waals surface area contributed by atoms with Crippen LogP contribution in [0.2, 0.25) is 0 Å². The number of ketones is 1. The molecule has 0 aliphatic carbocycles. The molecule has 0 spiro atoms. The lowest BCUT2D eigenvalue weighted by atomic mass is 10.1. The first-order valence-corrected chi connectivity index (χ1v) is 5.75. The summed E-state index contributed by atoms with van der Waals surface area (Å²) < 4.78 is 21.3. The van der Waals surface area contributed by atoms with Crippen molar-refractivity contribution in [3.05, 3.63) is 12.2 Å². The van der Waals surface area contributed by atoms with Crippen LogP contribution in [0.25, 0.3) is 0 Å². The highest BCUT2D eigenvalue weighted by Crippen LogP contribution is 2.00. The van der Waals surface area contributed by atoms with Gasteiger partial charge < -0.3 is 0 Å². The van der Waals surface area contributed by atoms with Crippen LogP contribution in [0, 0.1) is 0 Å². The summed E-state index contributed by atoms with van der Waals surface area (Å²) in [5.74, 6) is 0.0186. The van der Waals surface area contributed by atoms with Crippen molar-refractivity contribution in [3.63, 3.8) is 0 Å². The SMILES string of the molecule is C=C(C)C(=O)CCCS(C)(=O)=O. The average molecular weight is 190 g/mol. The number of rotatable bonds is 5. The van der Waals surface area contributed by atoms with Crippen LogP contribution in [-0.4, -0.2) is 26.2 Å². The third kappa shape index (κ3) is 6.09.